The van der Waals surface area contributed by atoms with Gasteiger partial charge < -0.3 is 13.9 Å². The summed E-state index contributed by atoms with van der Waals surface area (Å²) in [4.78, 5) is 27.5. The highest BCUT2D eigenvalue weighted by atomic mass is 35.5. The number of rotatable bonds is 6. The fraction of sp³-hybridized carbons (Fsp3) is 0.150. The summed E-state index contributed by atoms with van der Waals surface area (Å²) in [5.41, 5.74) is 1.12. The number of aromatic nitrogens is 1. The van der Waals surface area contributed by atoms with Crippen LogP contribution < -0.4 is 4.74 Å². The molecular weight excluding hydrogens is 370 g/mol. The number of carbonyl (C=O) groups is 2. The van der Waals surface area contributed by atoms with E-state index in [-0.39, 0.29) is 6.42 Å². The maximum Gasteiger partial charge on any atom is 0.337 e. The van der Waals surface area contributed by atoms with E-state index < -0.39 is 11.9 Å². The second-order valence-electron chi connectivity index (χ2n) is 5.59. The van der Waals surface area contributed by atoms with Gasteiger partial charge in [-0.15, -0.1) is 0 Å². The third kappa shape index (κ3) is 4.74. The highest BCUT2D eigenvalue weighted by molar-refractivity contribution is 6.33. The van der Waals surface area contributed by atoms with Gasteiger partial charge in [-0.1, -0.05) is 23.7 Å². The van der Waals surface area contributed by atoms with Crippen LogP contribution in [0.3, 0.4) is 0 Å². The van der Waals surface area contributed by atoms with Crippen molar-refractivity contribution in [2.45, 2.75) is 12.8 Å². The van der Waals surface area contributed by atoms with E-state index in [0.29, 0.717) is 34.4 Å². The predicted octanol–water partition coefficient (Wildman–Crippen LogP) is 4.32. The summed E-state index contributed by atoms with van der Waals surface area (Å²) >= 11 is 6.13. The largest absolute Gasteiger partial charge is 0.465 e. The zero-order valence-electron chi connectivity index (χ0n) is 14.5. The van der Waals surface area contributed by atoms with E-state index in [2.05, 4.69) is 9.72 Å². The standard InChI is InChI=1S/C20H16ClNO5/c1-25-20(24)13-6-8-14(9-7-13)26-19(23)11-10-18-22-12-17(27-18)15-4-2-3-5-16(15)21/h2-9,12H,10-11H2,1H3. The summed E-state index contributed by atoms with van der Waals surface area (Å²) < 4.78 is 15.5. The zero-order valence-corrected chi connectivity index (χ0v) is 15.2. The Morgan fingerprint density at radius 2 is 1.85 bits per heavy atom. The second kappa shape index (κ2) is 8.51. The molecule has 2 aromatic carbocycles. The van der Waals surface area contributed by atoms with E-state index in [1.807, 2.05) is 18.2 Å². The predicted molar refractivity (Wildman–Crippen MR) is 98.7 cm³/mol. The Hall–Kier alpha value is -3.12. The van der Waals surface area contributed by atoms with E-state index in [1.165, 1.54) is 31.4 Å². The molecule has 0 saturated heterocycles. The molecule has 6 nitrogen and oxygen atoms in total. The maximum absolute atomic E-state index is 12.0. The molecule has 27 heavy (non-hydrogen) atoms. The number of hydrogen-bond donors (Lipinski definition) is 0. The Labute approximate surface area is 160 Å². The number of halogens is 1. The van der Waals surface area contributed by atoms with E-state index >= 15 is 0 Å². The SMILES string of the molecule is COC(=O)c1ccc(OC(=O)CCc2ncc(-c3ccccc3Cl)o2)cc1. The molecule has 138 valence electrons. The van der Waals surface area contributed by atoms with Gasteiger partial charge in [0.1, 0.15) is 5.75 Å². The summed E-state index contributed by atoms with van der Waals surface area (Å²) in [6.07, 6.45) is 1.97. The highest BCUT2D eigenvalue weighted by Crippen LogP contribution is 2.28. The van der Waals surface area contributed by atoms with Crippen molar-refractivity contribution >= 4 is 23.5 Å². The van der Waals surface area contributed by atoms with Gasteiger partial charge in [-0.2, -0.15) is 0 Å². The summed E-state index contributed by atoms with van der Waals surface area (Å²) in [7, 11) is 1.30. The third-order valence-electron chi connectivity index (χ3n) is 3.74. The Kier molecular flexibility index (Phi) is 5.88. The Morgan fingerprint density at radius 3 is 2.56 bits per heavy atom. The Morgan fingerprint density at radius 1 is 1.11 bits per heavy atom. The van der Waals surface area contributed by atoms with E-state index in [9.17, 15) is 9.59 Å². The highest BCUT2D eigenvalue weighted by Gasteiger charge is 2.12. The van der Waals surface area contributed by atoms with Crippen LogP contribution in [0.5, 0.6) is 5.75 Å². The van der Waals surface area contributed by atoms with Crippen molar-refractivity contribution in [2.24, 2.45) is 0 Å². The molecule has 0 bridgehead atoms. The van der Waals surface area contributed by atoms with Crippen molar-refractivity contribution < 1.29 is 23.5 Å². The summed E-state index contributed by atoms with van der Waals surface area (Å²) in [5.74, 6) is 0.423. The summed E-state index contributed by atoms with van der Waals surface area (Å²) in [6, 6.07) is 13.4. The van der Waals surface area contributed by atoms with Gasteiger partial charge in [-0.3, -0.25) is 4.79 Å². The van der Waals surface area contributed by atoms with Gasteiger partial charge in [0, 0.05) is 12.0 Å². The molecule has 0 atom stereocenters. The lowest BCUT2D eigenvalue weighted by Crippen LogP contribution is -2.09. The van der Waals surface area contributed by atoms with Crippen molar-refractivity contribution in [2.75, 3.05) is 7.11 Å². The average Bonchev–Trinajstić information content (AvgIpc) is 3.15. The molecule has 0 unspecified atom stereocenters. The van der Waals surface area contributed by atoms with Gasteiger partial charge in [0.15, 0.2) is 11.7 Å². The van der Waals surface area contributed by atoms with Gasteiger partial charge in [0.2, 0.25) is 0 Å². The smallest absolute Gasteiger partial charge is 0.337 e. The molecule has 1 heterocycles. The lowest BCUT2D eigenvalue weighted by molar-refractivity contribution is -0.134. The van der Waals surface area contributed by atoms with Crippen LogP contribution in [0.15, 0.2) is 59.1 Å². The quantitative estimate of drug-likeness (QED) is 0.464. The minimum absolute atomic E-state index is 0.0984. The number of methoxy groups -OCH3 is 1. The minimum atomic E-state index is -0.453. The molecule has 0 radical (unpaired) electrons. The molecule has 0 aliphatic carbocycles. The van der Waals surface area contributed by atoms with Gasteiger partial charge in [-0.05, 0) is 36.4 Å². The third-order valence-corrected chi connectivity index (χ3v) is 4.07. The maximum atomic E-state index is 12.0. The number of oxazole rings is 1. The first-order valence-electron chi connectivity index (χ1n) is 8.15. The fourth-order valence-corrected chi connectivity index (χ4v) is 2.61. The summed E-state index contributed by atoms with van der Waals surface area (Å²) in [5, 5.41) is 0.565. The van der Waals surface area contributed by atoms with Crippen molar-refractivity contribution in [1.29, 1.82) is 0 Å². The van der Waals surface area contributed by atoms with Crippen LogP contribution in [0.2, 0.25) is 5.02 Å². The number of aryl methyl sites for hydroxylation is 1. The lowest BCUT2D eigenvalue weighted by atomic mass is 10.2. The fourth-order valence-electron chi connectivity index (χ4n) is 2.38. The first kappa shape index (κ1) is 18.7. The molecule has 7 heteroatoms. The van der Waals surface area contributed by atoms with Crippen LogP contribution in [-0.4, -0.2) is 24.0 Å². The average molecular weight is 386 g/mol. The molecule has 0 amide bonds. The molecule has 0 fully saturated rings. The zero-order chi connectivity index (χ0) is 19.2. The van der Waals surface area contributed by atoms with Gasteiger partial charge >= 0.3 is 11.9 Å². The van der Waals surface area contributed by atoms with Crippen molar-refractivity contribution in [1.82, 2.24) is 4.98 Å². The van der Waals surface area contributed by atoms with Gasteiger partial charge in [0.05, 0.1) is 30.3 Å². The van der Waals surface area contributed by atoms with Crippen LogP contribution in [0.4, 0.5) is 0 Å². The molecule has 0 aliphatic heterocycles. The first-order chi connectivity index (χ1) is 13.1. The van der Waals surface area contributed by atoms with Gasteiger partial charge in [0.25, 0.3) is 0 Å². The molecule has 0 saturated carbocycles. The summed E-state index contributed by atoms with van der Waals surface area (Å²) in [6.45, 7) is 0. The number of nitrogens with zero attached hydrogens (tertiary/aromatic N) is 1. The molecule has 0 spiro atoms. The van der Waals surface area contributed by atoms with E-state index in [4.69, 9.17) is 20.8 Å². The second-order valence-corrected chi connectivity index (χ2v) is 6.00. The van der Waals surface area contributed by atoms with E-state index in [0.717, 1.165) is 5.56 Å². The first-order valence-corrected chi connectivity index (χ1v) is 8.53. The van der Waals surface area contributed by atoms with Crippen molar-refractivity contribution in [3.05, 3.63) is 71.2 Å². The van der Waals surface area contributed by atoms with Crippen molar-refractivity contribution in [3.8, 4) is 17.1 Å². The Bertz CT molecular complexity index is 949. The number of ether oxygens (including phenoxy) is 2. The van der Waals surface area contributed by atoms with Crippen LogP contribution in [0.25, 0.3) is 11.3 Å². The monoisotopic (exact) mass is 385 g/mol. The van der Waals surface area contributed by atoms with Crippen molar-refractivity contribution in [3.63, 3.8) is 0 Å². The molecule has 0 aliphatic rings. The molecule has 1 aromatic heterocycles. The molecule has 0 N–H and O–H groups in total. The number of benzene rings is 2. The minimum Gasteiger partial charge on any atom is -0.465 e. The van der Waals surface area contributed by atoms with Crippen LogP contribution in [0.1, 0.15) is 22.7 Å². The number of esters is 2. The Balaban J connectivity index is 1.55. The number of hydrogen-bond acceptors (Lipinski definition) is 6. The van der Waals surface area contributed by atoms with E-state index in [1.54, 1.807) is 12.3 Å². The topological polar surface area (TPSA) is 78.6 Å². The lowest BCUT2D eigenvalue weighted by Gasteiger charge is -2.04. The molecule has 3 rings (SSSR count). The van der Waals surface area contributed by atoms with Gasteiger partial charge in [-0.25, -0.2) is 9.78 Å². The van der Waals surface area contributed by atoms with Crippen LogP contribution >= 0.6 is 11.6 Å². The molecule has 3 aromatic rings. The normalized spacial score (nSPS) is 10.4. The van der Waals surface area contributed by atoms with Crippen LogP contribution in [0, 0.1) is 0 Å². The molecular formula is C20H16ClNO5. The van der Waals surface area contributed by atoms with Crippen LogP contribution in [-0.2, 0) is 16.0 Å². The number of carbonyl (C=O) groups excluding carboxylic acids is 2.